The molecule has 2 aliphatic rings. The number of nitrogens with zero attached hydrogens (tertiary/aromatic N) is 1. The van der Waals surface area contributed by atoms with E-state index in [0.717, 1.165) is 19.4 Å². The third-order valence-electron chi connectivity index (χ3n) is 3.97. The van der Waals surface area contributed by atoms with Crippen molar-refractivity contribution in [2.75, 3.05) is 19.6 Å². The fourth-order valence-electron chi connectivity index (χ4n) is 3.26. The van der Waals surface area contributed by atoms with Crippen LogP contribution in [0.1, 0.15) is 32.6 Å². The van der Waals surface area contributed by atoms with Crippen LogP contribution in [0.5, 0.6) is 0 Å². The predicted molar refractivity (Wildman–Crippen MR) is 56.3 cm³/mol. The molecule has 0 aromatic rings. The van der Waals surface area contributed by atoms with Crippen LogP contribution in [0.15, 0.2) is 0 Å². The number of likely N-dealkylation sites (N-methyl/N-ethyl adjacent to an activating group) is 1. The topological polar surface area (TPSA) is 15.3 Å². The van der Waals surface area contributed by atoms with E-state index in [4.69, 9.17) is 0 Å². The third-order valence-corrected chi connectivity index (χ3v) is 3.97. The molecule has 2 unspecified atom stereocenters. The van der Waals surface area contributed by atoms with Gasteiger partial charge in [-0.3, -0.25) is 4.90 Å². The summed E-state index contributed by atoms with van der Waals surface area (Å²) in [6.45, 7) is 3.54. The van der Waals surface area contributed by atoms with Crippen LogP contribution in [-0.2, 0) is 0 Å². The fraction of sp³-hybridized carbons (Fsp3) is 1.00. The largest absolute Gasteiger partial charge is 0.408 e. The molecule has 0 aromatic carbocycles. The number of alkyl halides is 3. The van der Waals surface area contributed by atoms with E-state index in [1.165, 1.54) is 0 Å². The van der Waals surface area contributed by atoms with Crippen LogP contribution in [0.25, 0.3) is 0 Å². The summed E-state index contributed by atoms with van der Waals surface area (Å²) < 4.78 is 39.9. The van der Waals surface area contributed by atoms with E-state index in [9.17, 15) is 13.2 Å². The number of piperidine rings is 1. The number of hydrogen-bond acceptors (Lipinski definition) is 2. The Morgan fingerprint density at radius 2 is 2.06 bits per heavy atom. The molecule has 2 nitrogen and oxygen atoms in total. The van der Waals surface area contributed by atoms with Crippen molar-refractivity contribution in [1.29, 1.82) is 0 Å². The maximum atomic E-state index is 13.3. The van der Waals surface area contributed by atoms with Gasteiger partial charge in [0.2, 0.25) is 0 Å². The predicted octanol–water partition coefficient (Wildman–Crippen LogP) is 2.16. The Labute approximate surface area is 94.2 Å². The van der Waals surface area contributed by atoms with Crippen molar-refractivity contribution in [2.45, 2.75) is 50.4 Å². The standard InChI is InChI=1S/C11H19F3N2/c1-2-15-10(11(12,13)14)6-8-16-7-4-3-5-9(10)16/h9,15H,2-8H2,1H3. The van der Waals surface area contributed by atoms with E-state index in [-0.39, 0.29) is 12.5 Å². The second-order valence-electron chi connectivity index (χ2n) is 4.80. The molecule has 16 heavy (non-hydrogen) atoms. The lowest BCUT2D eigenvalue weighted by atomic mass is 9.84. The van der Waals surface area contributed by atoms with Crippen molar-refractivity contribution in [3.63, 3.8) is 0 Å². The molecule has 1 N–H and O–H groups in total. The SMILES string of the molecule is CCNC1(C(F)(F)F)CCN2CCCCC21. The molecule has 0 aromatic heterocycles. The molecule has 2 saturated heterocycles. The van der Waals surface area contributed by atoms with Crippen molar-refractivity contribution >= 4 is 0 Å². The molecule has 2 atom stereocenters. The van der Waals surface area contributed by atoms with Crippen LogP contribution in [0, 0.1) is 0 Å². The Morgan fingerprint density at radius 1 is 1.31 bits per heavy atom. The van der Waals surface area contributed by atoms with Gasteiger partial charge in [0.1, 0.15) is 5.54 Å². The van der Waals surface area contributed by atoms with E-state index in [1.807, 2.05) is 4.90 Å². The first kappa shape index (κ1) is 12.2. The van der Waals surface area contributed by atoms with E-state index in [2.05, 4.69) is 5.32 Å². The van der Waals surface area contributed by atoms with Crippen molar-refractivity contribution in [2.24, 2.45) is 0 Å². The van der Waals surface area contributed by atoms with Gasteiger partial charge >= 0.3 is 6.18 Å². The first-order valence-electron chi connectivity index (χ1n) is 6.07. The molecule has 94 valence electrons. The monoisotopic (exact) mass is 236 g/mol. The maximum absolute atomic E-state index is 13.3. The first-order chi connectivity index (χ1) is 7.51. The Bertz CT molecular complexity index is 254. The zero-order valence-corrected chi connectivity index (χ0v) is 9.61. The van der Waals surface area contributed by atoms with Crippen LogP contribution < -0.4 is 5.32 Å². The van der Waals surface area contributed by atoms with Gasteiger partial charge in [-0.1, -0.05) is 13.3 Å². The fourth-order valence-corrected chi connectivity index (χ4v) is 3.26. The minimum Gasteiger partial charge on any atom is -0.303 e. The highest BCUT2D eigenvalue weighted by Crippen LogP contribution is 2.45. The number of hydrogen-bond donors (Lipinski definition) is 1. The van der Waals surface area contributed by atoms with Gasteiger partial charge in [-0.05, 0) is 32.4 Å². The highest BCUT2D eigenvalue weighted by atomic mass is 19.4. The van der Waals surface area contributed by atoms with Gasteiger partial charge in [0.05, 0.1) is 0 Å². The minimum absolute atomic E-state index is 0.203. The van der Waals surface area contributed by atoms with Gasteiger partial charge < -0.3 is 5.32 Å². The zero-order valence-electron chi connectivity index (χ0n) is 9.61. The molecule has 0 aliphatic carbocycles. The molecule has 2 heterocycles. The smallest absolute Gasteiger partial charge is 0.303 e. The summed E-state index contributed by atoms with van der Waals surface area (Å²) in [6.07, 6.45) is -1.30. The summed E-state index contributed by atoms with van der Waals surface area (Å²) in [5, 5.41) is 2.73. The quantitative estimate of drug-likeness (QED) is 0.790. The second-order valence-corrected chi connectivity index (χ2v) is 4.80. The molecule has 5 heteroatoms. The molecule has 2 fully saturated rings. The van der Waals surface area contributed by atoms with E-state index in [1.54, 1.807) is 6.92 Å². The Balaban J connectivity index is 2.25. The zero-order chi connectivity index (χ0) is 11.8. The summed E-state index contributed by atoms with van der Waals surface area (Å²) in [6, 6.07) is -0.346. The van der Waals surface area contributed by atoms with E-state index >= 15 is 0 Å². The Kier molecular flexibility index (Phi) is 3.18. The van der Waals surface area contributed by atoms with Crippen LogP contribution in [0.4, 0.5) is 13.2 Å². The second kappa shape index (κ2) is 4.18. The van der Waals surface area contributed by atoms with Crippen LogP contribution in [-0.4, -0.2) is 42.3 Å². The first-order valence-corrected chi connectivity index (χ1v) is 6.07. The average Bonchev–Trinajstić information content (AvgIpc) is 2.59. The maximum Gasteiger partial charge on any atom is 0.408 e. The van der Waals surface area contributed by atoms with Crippen molar-refractivity contribution in [3.8, 4) is 0 Å². The number of halogens is 3. The molecular formula is C11H19F3N2. The number of fused-ring (bicyclic) bond motifs is 1. The summed E-state index contributed by atoms with van der Waals surface area (Å²) in [5.74, 6) is 0. The third kappa shape index (κ3) is 1.74. The average molecular weight is 236 g/mol. The summed E-state index contributed by atoms with van der Waals surface area (Å²) >= 11 is 0. The summed E-state index contributed by atoms with van der Waals surface area (Å²) in [4.78, 5) is 2.01. The van der Waals surface area contributed by atoms with Crippen molar-refractivity contribution in [1.82, 2.24) is 10.2 Å². The number of rotatable bonds is 2. The molecule has 0 amide bonds. The number of nitrogens with one attached hydrogen (secondary N) is 1. The van der Waals surface area contributed by atoms with Gasteiger partial charge in [-0.25, -0.2) is 0 Å². The lowest BCUT2D eigenvalue weighted by molar-refractivity contribution is -0.205. The molecule has 0 radical (unpaired) electrons. The van der Waals surface area contributed by atoms with Crippen LogP contribution in [0.2, 0.25) is 0 Å². The molecule has 0 spiro atoms. The lowest BCUT2D eigenvalue weighted by Gasteiger charge is -2.42. The Hall–Kier alpha value is -0.290. The lowest BCUT2D eigenvalue weighted by Crippen LogP contribution is -2.64. The molecule has 0 bridgehead atoms. The van der Waals surface area contributed by atoms with Crippen molar-refractivity contribution in [3.05, 3.63) is 0 Å². The highest BCUT2D eigenvalue weighted by Gasteiger charge is 2.63. The van der Waals surface area contributed by atoms with E-state index < -0.39 is 11.7 Å². The summed E-state index contributed by atoms with van der Waals surface area (Å²) in [7, 11) is 0. The van der Waals surface area contributed by atoms with Crippen LogP contribution in [0.3, 0.4) is 0 Å². The van der Waals surface area contributed by atoms with Gasteiger partial charge in [-0.15, -0.1) is 0 Å². The van der Waals surface area contributed by atoms with Gasteiger partial charge in [0.15, 0.2) is 0 Å². The molecule has 0 saturated carbocycles. The van der Waals surface area contributed by atoms with Gasteiger partial charge in [0, 0.05) is 12.6 Å². The molecular weight excluding hydrogens is 217 g/mol. The minimum atomic E-state index is -4.14. The highest BCUT2D eigenvalue weighted by molar-refractivity contribution is 5.10. The summed E-state index contributed by atoms with van der Waals surface area (Å²) in [5.41, 5.74) is -1.65. The van der Waals surface area contributed by atoms with Gasteiger partial charge in [0.25, 0.3) is 0 Å². The Morgan fingerprint density at radius 3 is 2.69 bits per heavy atom. The van der Waals surface area contributed by atoms with Crippen LogP contribution >= 0.6 is 0 Å². The van der Waals surface area contributed by atoms with Gasteiger partial charge in [-0.2, -0.15) is 13.2 Å². The normalized spacial score (nSPS) is 36.4. The van der Waals surface area contributed by atoms with Crippen molar-refractivity contribution < 1.29 is 13.2 Å². The van der Waals surface area contributed by atoms with E-state index in [0.29, 0.717) is 19.5 Å². The molecule has 2 rings (SSSR count). The molecule has 2 aliphatic heterocycles.